The molecule has 21 heavy (non-hydrogen) atoms. The number of rotatable bonds is 2. The Morgan fingerprint density at radius 2 is 1.86 bits per heavy atom. The van der Waals surface area contributed by atoms with Gasteiger partial charge in [0, 0.05) is 16.2 Å². The number of amides is 1. The van der Waals surface area contributed by atoms with Crippen LogP contribution in [0.4, 0.5) is 5.69 Å². The fraction of sp³-hybridized carbons (Fsp3) is 0. The van der Waals surface area contributed by atoms with Gasteiger partial charge in [-0.3, -0.25) is 4.79 Å². The van der Waals surface area contributed by atoms with Gasteiger partial charge < -0.3 is 10.4 Å². The highest BCUT2D eigenvalue weighted by molar-refractivity contribution is 6.36. The quantitative estimate of drug-likeness (QED) is 0.834. The van der Waals surface area contributed by atoms with Gasteiger partial charge in [0.05, 0.1) is 11.3 Å². The lowest BCUT2D eigenvalue weighted by molar-refractivity contribution is -0.110. The van der Waals surface area contributed by atoms with Gasteiger partial charge in [-0.05, 0) is 35.9 Å². The molecule has 0 radical (unpaired) electrons. The molecule has 1 heterocycles. The molecule has 0 bridgehead atoms. The normalized spacial score (nSPS) is 14.9. The molecule has 0 aliphatic carbocycles. The van der Waals surface area contributed by atoms with Crippen molar-refractivity contribution >= 4 is 40.8 Å². The number of carbonyl (C=O) groups excluding carboxylic acids is 1. The van der Waals surface area contributed by atoms with Crippen LogP contribution in [0.15, 0.2) is 42.5 Å². The monoisotopic (exact) mass is 299 g/mol. The third-order valence-corrected chi connectivity index (χ3v) is 3.47. The maximum atomic E-state index is 12.0. The van der Waals surface area contributed by atoms with Crippen LogP contribution in [-0.4, -0.2) is 17.0 Å². The van der Waals surface area contributed by atoms with Crippen molar-refractivity contribution in [3.8, 4) is 0 Å². The van der Waals surface area contributed by atoms with Gasteiger partial charge in [-0.2, -0.15) is 0 Å². The molecule has 0 fully saturated rings. The molecule has 1 aliphatic heterocycles. The van der Waals surface area contributed by atoms with Crippen molar-refractivity contribution in [2.24, 2.45) is 0 Å². The van der Waals surface area contributed by atoms with E-state index in [-0.39, 0.29) is 11.5 Å². The smallest absolute Gasteiger partial charge is 0.335 e. The van der Waals surface area contributed by atoms with Crippen molar-refractivity contribution in [2.45, 2.75) is 0 Å². The molecule has 2 N–H and O–H groups in total. The van der Waals surface area contributed by atoms with E-state index in [4.69, 9.17) is 16.7 Å². The van der Waals surface area contributed by atoms with E-state index in [1.54, 1.807) is 36.4 Å². The molecular weight excluding hydrogens is 290 g/mol. The molecule has 0 aromatic heterocycles. The molecule has 0 atom stereocenters. The number of hydrogen-bond donors (Lipinski definition) is 2. The third kappa shape index (κ3) is 2.53. The summed E-state index contributed by atoms with van der Waals surface area (Å²) in [5.41, 5.74) is 2.96. The van der Waals surface area contributed by atoms with Gasteiger partial charge in [-0.25, -0.2) is 4.79 Å². The predicted octanol–water partition coefficient (Wildman–Crippen LogP) is 3.53. The zero-order chi connectivity index (χ0) is 15.0. The maximum absolute atomic E-state index is 12.0. The molecular formula is C16H10ClNO3. The zero-order valence-electron chi connectivity index (χ0n) is 10.8. The molecule has 2 aromatic rings. The lowest BCUT2D eigenvalue weighted by Gasteiger charge is -2.00. The number of nitrogens with one attached hydrogen (secondary N) is 1. The highest BCUT2D eigenvalue weighted by Crippen LogP contribution is 2.34. The molecule has 0 saturated carbocycles. The molecule has 1 amide bonds. The molecule has 0 unspecified atom stereocenters. The fourth-order valence-electron chi connectivity index (χ4n) is 2.20. The highest BCUT2D eigenvalue weighted by atomic mass is 35.5. The van der Waals surface area contributed by atoms with Crippen LogP contribution in [0.2, 0.25) is 5.02 Å². The second-order valence-corrected chi connectivity index (χ2v) is 5.07. The van der Waals surface area contributed by atoms with Crippen molar-refractivity contribution in [1.82, 2.24) is 0 Å². The first-order chi connectivity index (χ1) is 10.0. The van der Waals surface area contributed by atoms with E-state index in [1.165, 1.54) is 12.1 Å². The van der Waals surface area contributed by atoms with Gasteiger partial charge in [0.2, 0.25) is 0 Å². The Morgan fingerprint density at radius 3 is 2.52 bits per heavy atom. The summed E-state index contributed by atoms with van der Waals surface area (Å²) in [5.74, 6) is -1.18. The lowest BCUT2D eigenvalue weighted by Crippen LogP contribution is -2.03. The minimum atomic E-state index is -0.979. The maximum Gasteiger partial charge on any atom is 0.335 e. The van der Waals surface area contributed by atoms with E-state index in [1.807, 2.05) is 0 Å². The van der Waals surface area contributed by atoms with E-state index >= 15 is 0 Å². The van der Waals surface area contributed by atoms with Crippen molar-refractivity contribution in [1.29, 1.82) is 0 Å². The lowest BCUT2D eigenvalue weighted by atomic mass is 10.0. The van der Waals surface area contributed by atoms with Gasteiger partial charge in [0.1, 0.15) is 0 Å². The van der Waals surface area contributed by atoms with Gasteiger partial charge in [0.15, 0.2) is 0 Å². The number of carbonyl (C=O) groups is 2. The van der Waals surface area contributed by atoms with Gasteiger partial charge in [0.25, 0.3) is 5.91 Å². The first-order valence-electron chi connectivity index (χ1n) is 6.21. The van der Waals surface area contributed by atoms with Crippen LogP contribution in [0.25, 0.3) is 11.6 Å². The van der Waals surface area contributed by atoms with E-state index in [9.17, 15) is 9.59 Å². The van der Waals surface area contributed by atoms with Crippen molar-refractivity contribution in [2.75, 3.05) is 5.32 Å². The second kappa shape index (κ2) is 5.07. The van der Waals surface area contributed by atoms with Crippen molar-refractivity contribution < 1.29 is 14.7 Å². The highest BCUT2D eigenvalue weighted by Gasteiger charge is 2.23. The van der Waals surface area contributed by atoms with Gasteiger partial charge in [-0.15, -0.1) is 0 Å². The number of hydrogen-bond acceptors (Lipinski definition) is 2. The van der Waals surface area contributed by atoms with Crippen molar-refractivity contribution in [3.63, 3.8) is 0 Å². The van der Waals surface area contributed by atoms with Crippen LogP contribution in [0.3, 0.4) is 0 Å². The average Bonchev–Trinajstić information content (AvgIpc) is 2.75. The standard InChI is InChI=1S/C16H10ClNO3/c17-11-5-6-12-13(15(19)18-14(12)8-11)7-9-1-3-10(4-2-9)16(20)21/h1-8H,(H,18,19)(H,20,21)/b13-7+. The summed E-state index contributed by atoms with van der Waals surface area (Å²) in [7, 11) is 0. The van der Waals surface area contributed by atoms with Crippen LogP contribution < -0.4 is 5.32 Å². The van der Waals surface area contributed by atoms with Crippen molar-refractivity contribution in [3.05, 3.63) is 64.2 Å². The van der Waals surface area contributed by atoms with E-state index in [0.29, 0.717) is 16.3 Å². The number of halogens is 1. The zero-order valence-corrected chi connectivity index (χ0v) is 11.5. The molecule has 3 rings (SSSR count). The van der Waals surface area contributed by atoms with E-state index in [2.05, 4.69) is 5.32 Å². The Labute approximate surface area is 125 Å². The average molecular weight is 300 g/mol. The van der Waals surface area contributed by atoms with Gasteiger partial charge >= 0.3 is 5.97 Å². The molecule has 4 nitrogen and oxygen atoms in total. The number of benzene rings is 2. The third-order valence-electron chi connectivity index (χ3n) is 3.23. The number of carboxylic acid groups (broad SMARTS) is 1. The minimum Gasteiger partial charge on any atom is -0.478 e. The largest absolute Gasteiger partial charge is 0.478 e. The number of aromatic carboxylic acids is 1. The van der Waals surface area contributed by atoms with Crippen LogP contribution in [-0.2, 0) is 4.79 Å². The summed E-state index contributed by atoms with van der Waals surface area (Å²) < 4.78 is 0. The molecule has 0 spiro atoms. The van der Waals surface area contributed by atoms with Gasteiger partial charge in [-0.1, -0.05) is 29.8 Å². The predicted molar refractivity (Wildman–Crippen MR) is 81.4 cm³/mol. The molecule has 0 saturated heterocycles. The Balaban J connectivity index is 2.00. The summed E-state index contributed by atoms with van der Waals surface area (Å²) in [6, 6.07) is 11.5. The number of anilines is 1. The minimum absolute atomic E-state index is 0.199. The summed E-state index contributed by atoms with van der Waals surface area (Å²) in [6.07, 6.45) is 1.72. The summed E-state index contributed by atoms with van der Waals surface area (Å²) in [6.45, 7) is 0. The van der Waals surface area contributed by atoms with E-state index in [0.717, 1.165) is 11.1 Å². The number of carboxylic acids is 1. The van der Waals surface area contributed by atoms with E-state index < -0.39 is 5.97 Å². The summed E-state index contributed by atoms with van der Waals surface area (Å²) in [5, 5.41) is 12.2. The molecule has 5 heteroatoms. The van der Waals surface area contributed by atoms with Crippen LogP contribution in [0, 0.1) is 0 Å². The number of fused-ring (bicyclic) bond motifs is 1. The summed E-state index contributed by atoms with van der Waals surface area (Å²) >= 11 is 5.90. The van der Waals surface area contributed by atoms with Crippen LogP contribution >= 0.6 is 11.6 Å². The molecule has 104 valence electrons. The first-order valence-corrected chi connectivity index (χ1v) is 6.59. The molecule has 2 aromatic carbocycles. The van der Waals surface area contributed by atoms with Crippen LogP contribution in [0.5, 0.6) is 0 Å². The Morgan fingerprint density at radius 1 is 1.14 bits per heavy atom. The Kier molecular flexibility index (Phi) is 3.23. The second-order valence-electron chi connectivity index (χ2n) is 4.63. The Bertz CT molecular complexity index is 779. The SMILES string of the molecule is O=C1Nc2cc(Cl)ccc2/C1=C\c1ccc(C(=O)O)cc1. The fourth-order valence-corrected chi connectivity index (χ4v) is 2.37. The first kappa shape index (κ1) is 13.4. The van der Waals surface area contributed by atoms with Crippen LogP contribution in [0.1, 0.15) is 21.5 Å². The molecule has 1 aliphatic rings. The Hall–Kier alpha value is -2.59. The topological polar surface area (TPSA) is 66.4 Å². The summed E-state index contributed by atoms with van der Waals surface area (Å²) in [4.78, 5) is 22.8.